The summed E-state index contributed by atoms with van der Waals surface area (Å²) >= 11 is 1.42. The highest BCUT2D eigenvalue weighted by Crippen LogP contribution is 2.30. The fourth-order valence-electron chi connectivity index (χ4n) is 2.10. The van der Waals surface area contributed by atoms with E-state index in [9.17, 15) is 10.1 Å². The van der Waals surface area contributed by atoms with Crippen molar-refractivity contribution in [1.82, 2.24) is 19.8 Å². The van der Waals surface area contributed by atoms with Gasteiger partial charge >= 0.3 is 0 Å². The Labute approximate surface area is 124 Å². The fraction of sp³-hybridized carbons (Fsp3) is 0.308. The third-order valence-electron chi connectivity index (χ3n) is 3.17. The molecule has 3 rings (SSSR count). The average molecular weight is 303 g/mol. The van der Waals surface area contributed by atoms with Gasteiger partial charge in [0.1, 0.15) is 5.01 Å². The lowest BCUT2D eigenvalue weighted by Crippen LogP contribution is -1.98. The lowest BCUT2D eigenvalue weighted by molar-refractivity contribution is -0.385. The summed E-state index contributed by atoms with van der Waals surface area (Å²) in [6, 6.07) is 5.00. The van der Waals surface area contributed by atoms with Crippen molar-refractivity contribution < 1.29 is 4.92 Å². The number of hydrogen-bond acceptors (Lipinski definition) is 6. The van der Waals surface area contributed by atoms with Gasteiger partial charge in [0.2, 0.25) is 4.96 Å². The molecule has 0 N–H and O–H groups in total. The molecule has 1 aromatic carbocycles. The molecule has 0 spiro atoms. The van der Waals surface area contributed by atoms with Crippen molar-refractivity contribution in [2.24, 2.45) is 0 Å². The fourth-order valence-corrected chi connectivity index (χ4v) is 2.94. The van der Waals surface area contributed by atoms with E-state index >= 15 is 0 Å². The van der Waals surface area contributed by atoms with Gasteiger partial charge in [-0.2, -0.15) is 9.61 Å². The minimum Gasteiger partial charge on any atom is -0.258 e. The van der Waals surface area contributed by atoms with Gasteiger partial charge in [-0.3, -0.25) is 10.1 Å². The monoisotopic (exact) mass is 303 g/mol. The number of rotatable bonds is 3. The normalized spacial score (nSPS) is 11.4. The van der Waals surface area contributed by atoms with Crippen molar-refractivity contribution in [1.29, 1.82) is 0 Å². The number of aryl methyl sites for hydroxylation is 1. The molecule has 3 aromatic rings. The summed E-state index contributed by atoms with van der Waals surface area (Å²) in [5, 5.41) is 24.4. The number of aromatic nitrogens is 4. The van der Waals surface area contributed by atoms with E-state index in [1.165, 1.54) is 17.4 Å². The van der Waals surface area contributed by atoms with Crippen LogP contribution in [-0.4, -0.2) is 24.7 Å². The van der Waals surface area contributed by atoms with Crippen LogP contribution in [0.3, 0.4) is 0 Å². The Morgan fingerprint density at radius 1 is 1.33 bits per heavy atom. The maximum atomic E-state index is 10.9. The first kappa shape index (κ1) is 13.6. The van der Waals surface area contributed by atoms with Crippen molar-refractivity contribution in [2.75, 3.05) is 0 Å². The first-order valence-corrected chi connectivity index (χ1v) is 7.26. The second-order valence-electron chi connectivity index (χ2n) is 5.07. The Balaban J connectivity index is 2.08. The van der Waals surface area contributed by atoms with E-state index in [2.05, 4.69) is 15.3 Å². The molecule has 21 heavy (non-hydrogen) atoms. The van der Waals surface area contributed by atoms with Gasteiger partial charge in [-0.05, 0) is 19.1 Å². The molecule has 0 saturated heterocycles. The summed E-state index contributed by atoms with van der Waals surface area (Å²) in [6.45, 7) is 5.79. The van der Waals surface area contributed by atoms with Crippen molar-refractivity contribution in [3.8, 4) is 10.6 Å². The van der Waals surface area contributed by atoms with Gasteiger partial charge in [0, 0.05) is 23.1 Å². The van der Waals surface area contributed by atoms with Crippen molar-refractivity contribution in [3.63, 3.8) is 0 Å². The molecule has 0 amide bonds. The van der Waals surface area contributed by atoms with E-state index < -0.39 is 0 Å². The van der Waals surface area contributed by atoms with Crippen molar-refractivity contribution >= 4 is 22.0 Å². The first-order valence-electron chi connectivity index (χ1n) is 6.45. The van der Waals surface area contributed by atoms with Crippen LogP contribution >= 0.6 is 11.3 Å². The van der Waals surface area contributed by atoms with E-state index in [0.29, 0.717) is 5.56 Å². The zero-order valence-electron chi connectivity index (χ0n) is 11.8. The van der Waals surface area contributed by atoms with Crippen LogP contribution in [0.4, 0.5) is 5.69 Å². The second kappa shape index (κ2) is 4.88. The van der Waals surface area contributed by atoms with Crippen molar-refractivity contribution in [3.05, 3.63) is 39.7 Å². The molecule has 0 aliphatic heterocycles. The number of nitro groups is 1. The molecule has 0 fully saturated rings. The molecule has 0 atom stereocenters. The summed E-state index contributed by atoms with van der Waals surface area (Å²) in [4.78, 5) is 11.2. The molecule has 0 bridgehead atoms. The number of fused-ring (bicyclic) bond motifs is 1. The molecule has 8 heteroatoms. The molecule has 0 aliphatic carbocycles. The summed E-state index contributed by atoms with van der Waals surface area (Å²) < 4.78 is 1.74. The van der Waals surface area contributed by atoms with Crippen molar-refractivity contribution in [2.45, 2.75) is 26.7 Å². The van der Waals surface area contributed by atoms with Gasteiger partial charge in [0.05, 0.1) is 4.92 Å². The van der Waals surface area contributed by atoms with E-state index in [0.717, 1.165) is 21.4 Å². The predicted octanol–water partition coefficient (Wildman–Crippen LogP) is 3.19. The minimum atomic E-state index is -0.380. The number of nitro benzene ring substituents is 1. The first-order chi connectivity index (χ1) is 9.97. The molecule has 0 unspecified atom stereocenters. The lowest BCUT2D eigenvalue weighted by atomic mass is 10.1. The molecule has 0 radical (unpaired) electrons. The zero-order valence-corrected chi connectivity index (χ0v) is 12.6. The highest BCUT2D eigenvalue weighted by molar-refractivity contribution is 7.19. The summed E-state index contributed by atoms with van der Waals surface area (Å²) in [6.07, 6.45) is 0. The third kappa shape index (κ3) is 2.27. The number of hydrogen-bond donors (Lipinski definition) is 0. The maximum Gasteiger partial charge on any atom is 0.272 e. The van der Waals surface area contributed by atoms with Crippen LogP contribution in [0.15, 0.2) is 18.2 Å². The Hall–Kier alpha value is -2.35. The standard InChI is InChI=1S/C13H13N5O2S/c1-7(2)11-14-15-13-17(11)16-12(21-13)9-4-5-10(18(19)20)8(3)6-9/h4-7H,1-3H3. The van der Waals surface area contributed by atoms with Gasteiger partial charge < -0.3 is 0 Å². The van der Waals surface area contributed by atoms with E-state index in [1.807, 2.05) is 13.8 Å². The Bertz CT molecular complexity index is 836. The largest absolute Gasteiger partial charge is 0.272 e. The maximum absolute atomic E-state index is 10.9. The molecule has 2 aromatic heterocycles. The lowest BCUT2D eigenvalue weighted by Gasteiger charge is -2.00. The summed E-state index contributed by atoms with van der Waals surface area (Å²) in [5.41, 5.74) is 1.58. The highest BCUT2D eigenvalue weighted by Gasteiger charge is 2.17. The van der Waals surface area contributed by atoms with Gasteiger partial charge in [-0.25, -0.2) is 0 Å². The highest BCUT2D eigenvalue weighted by atomic mass is 32.1. The molecular formula is C13H13N5O2S. The van der Waals surface area contributed by atoms with Crippen LogP contribution in [-0.2, 0) is 0 Å². The van der Waals surface area contributed by atoms with Crippen LogP contribution < -0.4 is 0 Å². The van der Waals surface area contributed by atoms with Crippen LogP contribution in [0, 0.1) is 17.0 Å². The number of benzene rings is 1. The topological polar surface area (TPSA) is 86.2 Å². The quantitative estimate of drug-likeness (QED) is 0.548. The molecule has 0 saturated carbocycles. The molecule has 7 nitrogen and oxygen atoms in total. The summed E-state index contributed by atoms with van der Waals surface area (Å²) in [5.74, 6) is 1.04. The van der Waals surface area contributed by atoms with E-state index in [-0.39, 0.29) is 16.5 Å². The predicted molar refractivity (Wildman–Crippen MR) is 79.6 cm³/mol. The van der Waals surface area contributed by atoms with Gasteiger partial charge in [-0.15, -0.1) is 10.2 Å². The Morgan fingerprint density at radius 3 is 2.71 bits per heavy atom. The van der Waals surface area contributed by atoms with Crippen LogP contribution in [0.25, 0.3) is 15.5 Å². The SMILES string of the molecule is Cc1cc(-c2nn3c(C(C)C)nnc3s2)ccc1[N+](=O)[O-]. The average Bonchev–Trinajstić information content (AvgIpc) is 2.96. The smallest absolute Gasteiger partial charge is 0.258 e. The van der Waals surface area contributed by atoms with Gasteiger partial charge in [-0.1, -0.05) is 25.2 Å². The van der Waals surface area contributed by atoms with Crippen LogP contribution in [0.1, 0.15) is 31.2 Å². The minimum absolute atomic E-state index is 0.115. The van der Waals surface area contributed by atoms with Crippen LogP contribution in [0.5, 0.6) is 0 Å². The third-order valence-corrected chi connectivity index (χ3v) is 4.12. The van der Waals surface area contributed by atoms with Gasteiger partial charge in [0.15, 0.2) is 5.82 Å². The molecule has 108 valence electrons. The van der Waals surface area contributed by atoms with E-state index in [1.54, 1.807) is 23.6 Å². The number of nitrogens with zero attached hydrogens (tertiary/aromatic N) is 5. The Morgan fingerprint density at radius 2 is 2.10 bits per heavy atom. The Kier molecular flexibility index (Phi) is 3.17. The molecule has 0 aliphatic rings. The summed E-state index contributed by atoms with van der Waals surface area (Å²) in [7, 11) is 0. The van der Waals surface area contributed by atoms with Crippen LogP contribution in [0.2, 0.25) is 0 Å². The zero-order chi connectivity index (χ0) is 15.1. The van der Waals surface area contributed by atoms with Gasteiger partial charge in [0.25, 0.3) is 5.69 Å². The van der Waals surface area contributed by atoms with E-state index in [4.69, 9.17) is 0 Å². The molecular weight excluding hydrogens is 290 g/mol. The molecule has 2 heterocycles. The second-order valence-corrected chi connectivity index (χ2v) is 6.03.